The predicted molar refractivity (Wildman–Crippen MR) is 306 cm³/mol. The van der Waals surface area contributed by atoms with Gasteiger partial charge in [0.05, 0.1) is 46.0 Å². The first kappa shape index (κ1) is 57.5. The zero-order valence-electron chi connectivity index (χ0n) is 44.4. The summed E-state index contributed by atoms with van der Waals surface area (Å²) in [4.78, 5) is 12.1. The maximum absolute atomic E-state index is 14.4. The summed E-state index contributed by atoms with van der Waals surface area (Å²) >= 11 is 0. The van der Waals surface area contributed by atoms with Crippen LogP contribution in [0.25, 0.3) is 44.5 Å². The Bertz CT molecular complexity index is 3810. The van der Waals surface area contributed by atoms with Crippen molar-refractivity contribution in [1.82, 2.24) is 9.97 Å². The summed E-state index contributed by atoms with van der Waals surface area (Å²) in [6.07, 6.45) is -14.6. The highest BCUT2D eigenvalue weighted by Gasteiger charge is 2.39. The minimum atomic E-state index is -5.15. The normalized spacial score (nSPS) is 12.0. The van der Waals surface area contributed by atoms with Crippen molar-refractivity contribution in [2.24, 2.45) is 0 Å². The highest BCUT2D eigenvalue weighted by molar-refractivity contribution is 5.88. The van der Waals surface area contributed by atoms with Gasteiger partial charge in [-0.15, -0.1) is 0 Å². The van der Waals surface area contributed by atoms with Gasteiger partial charge in [0.25, 0.3) is 0 Å². The molecule has 0 saturated carbocycles. The summed E-state index contributed by atoms with van der Waals surface area (Å²) < 4.78 is 185. The van der Waals surface area contributed by atoms with Crippen molar-refractivity contribution in [3.05, 3.63) is 278 Å². The minimum Gasteiger partial charge on any atom is -0.457 e. The number of hydrogen-bond donors (Lipinski definition) is 0. The van der Waals surface area contributed by atoms with Crippen molar-refractivity contribution in [3.63, 3.8) is 0 Å². The van der Waals surface area contributed by atoms with E-state index in [-0.39, 0.29) is 45.8 Å². The smallest absolute Gasteiger partial charge is 0.416 e. The molecule has 0 radical (unpaired) electrons. The quantitative estimate of drug-likeness (QED) is 0.101. The fourth-order valence-electron chi connectivity index (χ4n) is 9.69. The molecule has 18 heteroatoms. The first-order chi connectivity index (χ1) is 41.1. The summed E-state index contributed by atoms with van der Waals surface area (Å²) in [6, 6.07) is 56.7. The van der Waals surface area contributed by atoms with E-state index in [0.717, 1.165) is 0 Å². The Morgan fingerprint density at radius 3 is 0.826 bits per heavy atom. The average molecular weight is 1180 g/mol. The maximum atomic E-state index is 14.4. The van der Waals surface area contributed by atoms with Crippen LogP contribution in [0, 0.1) is 0 Å². The molecule has 0 aliphatic heterocycles. The fraction of sp³-hybridized carbons (Fsp3) is 0.0588. The number of nitrogens with zero attached hydrogens (tertiary/aromatic N) is 4. The van der Waals surface area contributed by atoms with E-state index in [9.17, 15) is 52.7 Å². The van der Waals surface area contributed by atoms with Gasteiger partial charge < -0.3 is 19.3 Å². The molecule has 2 heterocycles. The third kappa shape index (κ3) is 13.2. The molecule has 6 nitrogen and oxygen atoms in total. The molecule has 0 aliphatic rings. The molecule has 0 spiro atoms. The van der Waals surface area contributed by atoms with Gasteiger partial charge in [0, 0.05) is 35.1 Å². The van der Waals surface area contributed by atoms with E-state index in [0.29, 0.717) is 92.3 Å². The van der Waals surface area contributed by atoms with Crippen LogP contribution in [0.1, 0.15) is 22.3 Å². The molecular weight excluding hydrogens is 1130 g/mol. The second-order valence-corrected chi connectivity index (χ2v) is 19.6. The summed E-state index contributed by atoms with van der Waals surface area (Å²) in [5, 5.41) is 0. The molecule has 11 rings (SSSR count). The van der Waals surface area contributed by atoms with Crippen LogP contribution in [-0.4, -0.2) is 9.97 Å². The van der Waals surface area contributed by atoms with Gasteiger partial charge in [-0.25, -0.2) is 0 Å². The average Bonchev–Trinajstić information content (AvgIpc) is 1.25. The van der Waals surface area contributed by atoms with Gasteiger partial charge in [-0.3, -0.25) is 9.97 Å². The number of hydrogen-bond acceptors (Lipinski definition) is 6. The summed E-state index contributed by atoms with van der Waals surface area (Å²) in [7, 11) is 0. The van der Waals surface area contributed by atoms with Crippen molar-refractivity contribution in [2.75, 3.05) is 9.80 Å². The molecule has 0 atom stereocenters. The van der Waals surface area contributed by atoms with Gasteiger partial charge in [0.1, 0.15) is 23.0 Å². The first-order valence-corrected chi connectivity index (χ1v) is 26.2. The molecule has 0 unspecified atom stereocenters. The zero-order chi connectivity index (χ0) is 60.4. The van der Waals surface area contributed by atoms with E-state index in [1.165, 1.54) is 49.1 Å². The van der Waals surface area contributed by atoms with Crippen LogP contribution in [0.2, 0.25) is 0 Å². The number of pyridine rings is 2. The van der Waals surface area contributed by atoms with Crippen molar-refractivity contribution in [1.29, 1.82) is 0 Å². The second-order valence-electron chi connectivity index (χ2n) is 19.6. The number of anilines is 6. The standard InChI is InChI=1S/C68H42F12N4O2/c69-65(70,71)51-31-49(32-52(39-51)66(72,73)74)47-29-45(43-15-23-63(24-16-43)85-61-11-3-1-4-12-61)35-59(37-47)83(57-9-7-27-81-41-57)55-19-21-56(22-20-55)84(58-10-8-28-82-42-58)60-36-46(44-17-25-64(26-18-44)86-62-13-5-2-6-14-62)30-48(38-60)50-33-53(67(75,76)77)40-54(34-50)68(78,79)80/h1-42H. The topological polar surface area (TPSA) is 50.7 Å². The lowest BCUT2D eigenvalue weighted by molar-refractivity contribution is -0.144. The SMILES string of the molecule is FC(F)(F)c1cc(-c2cc(-c3ccc(Oc4ccccc4)cc3)cc(N(c3ccc(N(c4cccnc4)c4cc(-c5ccc(Oc6ccccc6)cc5)cc(-c5cc(C(F)(F)F)cc(C(F)(F)F)c5)c4)cc3)c3cccnc3)c2)cc(C(F)(F)F)c1. The Labute approximate surface area is 484 Å². The second kappa shape index (κ2) is 23.4. The van der Waals surface area contributed by atoms with Crippen LogP contribution in [0.4, 0.5) is 86.8 Å². The predicted octanol–water partition coefficient (Wildman–Crippen LogP) is 21.7. The maximum Gasteiger partial charge on any atom is 0.416 e. The summed E-state index contributed by atoms with van der Waals surface area (Å²) in [5.74, 6) is 1.98. The third-order valence-electron chi connectivity index (χ3n) is 13.7. The molecule has 0 saturated heterocycles. The molecule has 0 aliphatic carbocycles. The van der Waals surface area contributed by atoms with Gasteiger partial charge in [0.15, 0.2) is 0 Å². The van der Waals surface area contributed by atoms with E-state index in [1.807, 2.05) is 12.1 Å². The Balaban J connectivity index is 1.07. The highest BCUT2D eigenvalue weighted by Crippen LogP contribution is 2.47. The van der Waals surface area contributed by atoms with E-state index < -0.39 is 47.0 Å². The molecule has 0 fully saturated rings. The van der Waals surface area contributed by atoms with Crippen molar-refractivity contribution < 1.29 is 62.2 Å². The summed E-state index contributed by atoms with van der Waals surface area (Å²) in [6.45, 7) is 0. The Kier molecular flexibility index (Phi) is 15.6. The van der Waals surface area contributed by atoms with Gasteiger partial charge in [-0.1, -0.05) is 60.7 Å². The minimum absolute atomic E-state index is 0.0100. The number of halogens is 12. The van der Waals surface area contributed by atoms with Gasteiger partial charge in [-0.05, 0) is 214 Å². The molecular formula is C68H42F12N4O2. The van der Waals surface area contributed by atoms with Crippen LogP contribution in [0.3, 0.4) is 0 Å². The van der Waals surface area contributed by atoms with Gasteiger partial charge in [0.2, 0.25) is 0 Å². The molecule has 2 aromatic heterocycles. The molecule has 0 bridgehead atoms. The lowest BCUT2D eigenvalue weighted by Crippen LogP contribution is -2.13. The van der Waals surface area contributed by atoms with E-state index in [2.05, 4.69) is 9.97 Å². The number of benzene rings is 9. The molecule has 0 amide bonds. The van der Waals surface area contributed by atoms with Crippen LogP contribution < -0.4 is 19.3 Å². The Hall–Kier alpha value is -10.4. The molecule has 0 N–H and O–H groups in total. The molecule has 86 heavy (non-hydrogen) atoms. The van der Waals surface area contributed by atoms with Crippen LogP contribution in [0.15, 0.2) is 255 Å². The van der Waals surface area contributed by atoms with Crippen molar-refractivity contribution in [2.45, 2.75) is 24.7 Å². The monoisotopic (exact) mass is 1170 g/mol. The highest BCUT2D eigenvalue weighted by atomic mass is 19.4. The molecule has 9 aromatic carbocycles. The first-order valence-electron chi connectivity index (χ1n) is 26.2. The van der Waals surface area contributed by atoms with Gasteiger partial charge >= 0.3 is 24.7 Å². The van der Waals surface area contributed by atoms with Gasteiger partial charge in [-0.2, -0.15) is 52.7 Å². The number of ether oxygens (including phenoxy) is 2. The molecule has 430 valence electrons. The van der Waals surface area contributed by atoms with Crippen LogP contribution in [0.5, 0.6) is 23.0 Å². The van der Waals surface area contributed by atoms with E-state index >= 15 is 0 Å². The van der Waals surface area contributed by atoms with Crippen LogP contribution in [-0.2, 0) is 24.7 Å². The largest absolute Gasteiger partial charge is 0.457 e. The van der Waals surface area contributed by atoms with Crippen molar-refractivity contribution in [3.8, 4) is 67.5 Å². The fourth-order valence-corrected chi connectivity index (χ4v) is 9.69. The van der Waals surface area contributed by atoms with Crippen LogP contribution >= 0.6 is 0 Å². The lowest BCUT2D eigenvalue weighted by atomic mass is 9.94. The third-order valence-corrected chi connectivity index (χ3v) is 13.7. The summed E-state index contributed by atoms with van der Waals surface area (Å²) in [5.41, 5.74) is -2.86. The van der Waals surface area contributed by atoms with Crippen molar-refractivity contribution >= 4 is 34.1 Å². The number of alkyl halides is 12. The van der Waals surface area contributed by atoms with E-state index in [1.54, 1.807) is 168 Å². The number of para-hydroxylation sites is 2. The lowest BCUT2D eigenvalue weighted by Gasteiger charge is -2.29. The van der Waals surface area contributed by atoms with E-state index in [4.69, 9.17) is 9.47 Å². The zero-order valence-corrected chi connectivity index (χ0v) is 44.4. The molecule has 11 aromatic rings. The number of aromatic nitrogens is 2. The Morgan fingerprint density at radius 2 is 0.535 bits per heavy atom. The Morgan fingerprint density at radius 1 is 0.244 bits per heavy atom. The number of rotatable bonds is 14.